The van der Waals surface area contributed by atoms with Gasteiger partial charge in [0.15, 0.2) is 0 Å². The number of fused-ring (bicyclic) bond motifs is 1. The van der Waals surface area contributed by atoms with Crippen LogP contribution in [-0.4, -0.2) is 49.0 Å². The first-order chi connectivity index (χ1) is 16.9. The van der Waals surface area contributed by atoms with Gasteiger partial charge in [-0.3, -0.25) is 14.9 Å². The molecule has 1 aliphatic carbocycles. The number of nitrogens with one attached hydrogen (secondary N) is 2. The Hall–Kier alpha value is -3.10. The van der Waals surface area contributed by atoms with Gasteiger partial charge in [-0.1, -0.05) is 35.9 Å². The average Bonchev–Trinajstić information content (AvgIpc) is 3.34. The summed E-state index contributed by atoms with van der Waals surface area (Å²) in [6, 6.07) is 13.2. The van der Waals surface area contributed by atoms with Gasteiger partial charge in [-0.05, 0) is 67.0 Å². The van der Waals surface area contributed by atoms with Gasteiger partial charge in [0.25, 0.3) is 0 Å². The molecule has 1 fully saturated rings. The number of nitrogens with zero attached hydrogens (tertiary/aromatic N) is 1. The lowest BCUT2D eigenvalue weighted by atomic mass is 9.78. The molecule has 0 unspecified atom stereocenters. The molecule has 4 rings (SSSR count). The summed E-state index contributed by atoms with van der Waals surface area (Å²) in [7, 11) is 0. The van der Waals surface area contributed by atoms with Crippen LogP contribution in [0.4, 0.5) is 10.5 Å². The number of aryl methyl sites for hydroxylation is 2. The molecule has 1 aliphatic heterocycles. The number of benzene rings is 2. The monoisotopic (exact) mass is 498 g/mol. The Morgan fingerprint density at radius 1 is 1.06 bits per heavy atom. The zero-order valence-electron chi connectivity index (χ0n) is 19.6. The van der Waals surface area contributed by atoms with Crippen LogP contribution in [-0.2, 0) is 33.7 Å². The maximum absolute atomic E-state index is 13.4. The first-order valence-corrected chi connectivity index (χ1v) is 12.3. The summed E-state index contributed by atoms with van der Waals surface area (Å²) in [5.41, 5.74) is 8.58. The molecule has 3 amide bonds. The number of rotatable bonds is 7. The fourth-order valence-corrected chi connectivity index (χ4v) is 4.96. The number of carbonyl (C=O) groups excluding carboxylic acids is 3. The van der Waals surface area contributed by atoms with Crippen LogP contribution in [0.2, 0.25) is 5.02 Å². The normalized spacial score (nSPS) is 16.3. The van der Waals surface area contributed by atoms with Crippen molar-refractivity contribution in [3.05, 3.63) is 64.2 Å². The molecular weight excluding hydrogens is 468 g/mol. The molecule has 0 atom stereocenters. The van der Waals surface area contributed by atoms with Gasteiger partial charge in [-0.15, -0.1) is 0 Å². The van der Waals surface area contributed by atoms with Crippen LogP contribution in [0.1, 0.15) is 36.0 Å². The number of likely N-dealkylation sites (tertiary alicyclic amines) is 1. The summed E-state index contributed by atoms with van der Waals surface area (Å²) >= 11 is 6.23. The highest BCUT2D eigenvalue weighted by Gasteiger charge is 2.43. The van der Waals surface area contributed by atoms with Crippen LogP contribution in [0, 0.1) is 5.41 Å². The zero-order chi connectivity index (χ0) is 24.8. The van der Waals surface area contributed by atoms with Crippen LogP contribution < -0.4 is 16.4 Å². The van der Waals surface area contributed by atoms with Crippen LogP contribution >= 0.6 is 11.6 Å². The predicted molar refractivity (Wildman–Crippen MR) is 134 cm³/mol. The minimum atomic E-state index is -0.956. The third-order valence-corrected chi connectivity index (χ3v) is 7.32. The summed E-state index contributed by atoms with van der Waals surface area (Å²) in [5, 5.41) is 6.29. The number of hydrogen-bond acceptors (Lipinski definition) is 5. The minimum Gasteiger partial charge on any atom is -0.448 e. The van der Waals surface area contributed by atoms with Gasteiger partial charge >= 0.3 is 6.09 Å². The SMILES string of the molecule is NCC(=O)N1CCC(COC(=O)Nc2ccc3c(c2)CCC3)(C(=O)NCc2ccccc2Cl)CC1. The van der Waals surface area contributed by atoms with E-state index in [1.807, 2.05) is 36.4 Å². The second-order valence-corrected chi connectivity index (χ2v) is 9.58. The number of hydrogen-bond donors (Lipinski definition) is 3. The van der Waals surface area contributed by atoms with E-state index in [-0.39, 0.29) is 31.5 Å². The molecule has 0 radical (unpaired) electrons. The van der Waals surface area contributed by atoms with Crippen molar-refractivity contribution in [2.24, 2.45) is 11.1 Å². The molecule has 0 spiro atoms. The fourth-order valence-electron chi connectivity index (χ4n) is 4.76. The van der Waals surface area contributed by atoms with Crippen molar-refractivity contribution in [1.29, 1.82) is 0 Å². The molecule has 2 aromatic carbocycles. The highest BCUT2D eigenvalue weighted by molar-refractivity contribution is 6.31. The van der Waals surface area contributed by atoms with Crippen molar-refractivity contribution in [3.63, 3.8) is 0 Å². The van der Waals surface area contributed by atoms with Crippen molar-refractivity contribution in [3.8, 4) is 0 Å². The Morgan fingerprint density at radius 2 is 1.80 bits per heavy atom. The predicted octanol–water partition coefficient (Wildman–Crippen LogP) is 3.26. The van der Waals surface area contributed by atoms with E-state index in [1.165, 1.54) is 11.1 Å². The van der Waals surface area contributed by atoms with Crippen LogP contribution in [0.5, 0.6) is 0 Å². The Kier molecular flexibility index (Phi) is 7.93. The van der Waals surface area contributed by atoms with E-state index in [0.29, 0.717) is 36.6 Å². The van der Waals surface area contributed by atoms with E-state index in [9.17, 15) is 14.4 Å². The smallest absolute Gasteiger partial charge is 0.411 e. The van der Waals surface area contributed by atoms with Crippen molar-refractivity contribution in [2.45, 2.75) is 38.6 Å². The molecule has 1 saturated heterocycles. The second-order valence-electron chi connectivity index (χ2n) is 9.18. The van der Waals surface area contributed by atoms with E-state index < -0.39 is 11.5 Å². The van der Waals surface area contributed by atoms with E-state index >= 15 is 0 Å². The van der Waals surface area contributed by atoms with Gasteiger partial charge in [-0.2, -0.15) is 0 Å². The molecule has 0 bridgehead atoms. The quantitative estimate of drug-likeness (QED) is 0.542. The zero-order valence-corrected chi connectivity index (χ0v) is 20.4. The third kappa shape index (κ3) is 5.94. The lowest BCUT2D eigenvalue weighted by Gasteiger charge is -2.40. The summed E-state index contributed by atoms with van der Waals surface area (Å²) in [4.78, 5) is 39.6. The number of amides is 3. The Bertz CT molecular complexity index is 1100. The highest BCUT2D eigenvalue weighted by Crippen LogP contribution is 2.33. The van der Waals surface area contributed by atoms with Gasteiger partial charge < -0.3 is 20.7 Å². The molecular formula is C26H31ClN4O4. The molecule has 186 valence electrons. The van der Waals surface area contributed by atoms with Gasteiger partial charge in [-0.25, -0.2) is 4.79 Å². The molecule has 9 heteroatoms. The largest absolute Gasteiger partial charge is 0.448 e. The summed E-state index contributed by atoms with van der Waals surface area (Å²) in [6.07, 6.45) is 3.31. The Morgan fingerprint density at radius 3 is 2.54 bits per heavy atom. The van der Waals surface area contributed by atoms with Crippen LogP contribution in [0.3, 0.4) is 0 Å². The highest BCUT2D eigenvalue weighted by atomic mass is 35.5. The number of piperidine rings is 1. The summed E-state index contributed by atoms with van der Waals surface area (Å²) in [6.45, 7) is 0.817. The van der Waals surface area contributed by atoms with E-state index in [1.54, 1.807) is 11.0 Å². The molecule has 0 aromatic heterocycles. The molecule has 2 aromatic rings. The third-order valence-electron chi connectivity index (χ3n) is 6.95. The number of ether oxygens (including phenoxy) is 1. The lowest BCUT2D eigenvalue weighted by Crippen LogP contribution is -2.53. The Labute approximate surface area is 210 Å². The number of anilines is 1. The van der Waals surface area contributed by atoms with E-state index in [0.717, 1.165) is 24.8 Å². The number of halogens is 1. The first-order valence-electron chi connectivity index (χ1n) is 12.0. The second kappa shape index (κ2) is 11.1. The van der Waals surface area contributed by atoms with Gasteiger partial charge in [0.1, 0.15) is 6.61 Å². The minimum absolute atomic E-state index is 0.0780. The number of nitrogens with two attached hydrogens (primary N) is 1. The fraction of sp³-hybridized carbons (Fsp3) is 0.423. The molecule has 0 saturated carbocycles. The topological polar surface area (TPSA) is 114 Å². The average molecular weight is 499 g/mol. The summed E-state index contributed by atoms with van der Waals surface area (Å²) < 4.78 is 5.56. The Balaban J connectivity index is 1.41. The van der Waals surface area contributed by atoms with Crippen molar-refractivity contribution >= 4 is 35.2 Å². The summed E-state index contributed by atoms with van der Waals surface area (Å²) in [5.74, 6) is -0.395. The first kappa shape index (κ1) is 25.0. The molecule has 1 heterocycles. The van der Waals surface area contributed by atoms with E-state index in [4.69, 9.17) is 22.1 Å². The molecule has 2 aliphatic rings. The van der Waals surface area contributed by atoms with Crippen molar-refractivity contribution in [1.82, 2.24) is 10.2 Å². The van der Waals surface area contributed by atoms with Crippen molar-refractivity contribution in [2.75, 3.05) is 31.6 Å². The van der Waals surface area contributed by atoms with Crippen molar-refractivity contribution < 1.29 is 19.1 Å². The molecule has 35 heavy (non-hydrogen) atoms. The standard InChI is InChI=1S/C26H31ClN4O4/c27-22-7-2-1-4-20(22)16-29-24(33)26(10-12-31(13-11-26)23(32)15-28)17-35-25(34)30-21-9-8-18-5-3-6-19(18)14-21/h1-2,4,7-9,14H,3,5-6,10-13,15-17,28H2,(H,29,33)(H,30,34). The number of carbonyl (C=O) groups is 3. The maximum atomic E-state index is 13.4. The molecule has 4 N–H and O–H groups in total. The van der Waals surface area contributed by atoms with E-state index in [2.05, 4.69) is 10.6 Å². The van der Waals surface area contributed by atoms with Gasteiger partial charge in [0, 0.05) is 30.3 Å². The van der Waals surface area contributed by atoms with Gasteiger partial charge in [0.05, 0.1) is 12.0 Å². The van der Waals surface area contributed by atoms with Gasteiger partial charge in [0.2, 0.25) is 11.8 Å². The molecule has 8 nitrogen and oxygen atoms in total. The van der Waals surface area contributed by atoms with Crippen LogP contribution in [0.15, 0.2) is 42.5 Å². The van der Waals surface area contributed by atoms with Crippen LogP contribution in [0.25, 0.3) is 0 Å². The maximum Gasteiger partial charge on any atom is 0.411 e. The lowest BCUT2D eigenvalue weighted by molar-refractivity contribution is -0.142.